The van der Waals surface area contributed by atoms with Crippen LogP contribution in [0.4, 0.5) is 0 Å². The Hall–Kier alpha value is -1.10. The Labute approximate surface area is 133 Å². The largest absolute Gasteiger partial charge is 0.375 e. The first-order valence-electron chi connectivity index (χ1n) is 7.28. The Morgan fingerprint density at radius 3 is 2.38 bits per heavy atom. The summed E-state index contributed by atoms with van der Waals surface area (Å²) in [6.45, 7) is 5.99. The average Bonchev–Trinajstić information content (AvgIpc) is 2.50. The van der Waals surface area contributed by atoms with Gasteiger partial charge in [0.05, 0.1) is 18.6 Å². The van der Waals surface area contributed by atoms with Crippen LogP contribution in [0.15, 0.2) is 30.3 Å². The fourth-order valence-electron chi connectivity index (χ4n) is 2.14. The first-order valence-corrected chi connectivity index (χ1v) is 7.28. The van der Waals surface area contributed by atoms with Gasteiger partial charge in [-0.05, 0) is 18.4 Å². The van der Waals surface area contributed by atoms with Gasteiger partial charge in [-0.1, -0.05) is 44.2 Å². The van der Waals surface area contributed by atoms with E-state index in [1.54, 1.807) is 0 Å². The maximum absolute atomic E-state index is 12.1. The molecule has 5 heteroatoms. The number of benzene rings is 1. The molecule has 1 aromatic carbocycles. The number of nitrogens with one attached hydrogen (secondary N) is 1. The number of amides is 1. The smallest absolute Gasteiger partial charge is 0.227 e. The van der Waals surface area contributed by atoms with Gasteiger partial charge in [-0.2, -0.15) is 0 Å². The molecule has 0 aliphatic heterocycles. The van der Waals surface area contributed by atoms with Crippen LogP contribution < -0.4 is 11.1 Å². The number of hydrogen-bond donors (Lipinski definition) is 2. The summed E-state index contributed by atoms with van der Waals surface area (Å²) >= 11 is 0. The lowest BCUT2D eigenvalue weighted by Gasteiger charge is -2.28. The monoisotopic (exact) mass is 314 g/mol. The van der Waals surface area contributed by atoms with Crippen molar-refractivity contribution in [3.05, 3.63) is 35.9 Å². The number of ether oxygens (including phenoxy) is 1. The molecular formula is C16H27ClN2O2. The van der Waals surface area contributed by atoms with E-state index in [1.807, 2.05) is 44.2 Å². The van der Waals surface area contributed by atoms with Crippen molar-refractivity contribution in [1.29, 1.82) is 0 Å². The molecule has 0 atom stereocenters. The zero-order chi connectivity index (χ0) is 14.8. The van der Waals surface area contributed by atoms with E-state index in [1.165, 1.54) is 0 Å². The van der Waals surface area contributed by atoms with Crippen molar-refractivity contribution >= 4 is 18.3 Å². The average molecular weight is 315 g/mol. The normalized spacial score (nSPS) is 10.8. The standard InChI is InChI=1S/C16H26N2O2.ClH/c1-3-16(4-2,13-17)15(19)18-10-11-20-12-14-8-6-5-7-9-14;/h5-9H,3-4,10-13,17H2,1-2H3,(H,18,19);1H. The van der Waals surface area contributed by atoms with Gasteiger partial charge in [-0.15, -0.1) is 12.4 Å². The minimum absolute atomic E-state index is 0. The number of carbonyl (C=O) groups is 1. The van der Waals surface area contributed by atoms with E-state index >= 15 is 0 Å². The van der Waals surface area contributed by atoms with Gasteiger partial charge in [0.25, 0.3) is 0 Å². The van der Waals surface area contributed by atoms with Gasteiger partial charge in [-0.25, -0.2) is 0 Å². The Morgan fingerprint density at radius 1 is 1.24 bits per heavy atom. The SMILES string of the molecule is CCC(CC)(CN)C(=O)NCCOCc1ccccc1.Cl. The van der Waals surface area contributed by atoms with Crippen LogP contribution >= 0.6 is 12.4 Å². The molecule has 0 spiro atoms. The van der Waals surface area contributed by atoms with Crippen molar-refractivity contribution in [2.75, 3.05) is 19.7 Å². The van der Waals surface area contributed by atoms with Crippen molar-refractivity contribution in [1.82, 2.24) is 5.32 Å². The van der Waals surface area contributed by atoms with Crippen molar-refractivity contribution in [2.45, 2.75) is 33.3 Å². The molecule has 1 rings (SSSR count). The fourth-order valence-corrected chi connectivity index (χ4v) is 2.14. The lowest BCUT2D eigenvalue weighted by atomic mass is 9.81. The van der Waals surface area contributed by atoms with E-state index in [2.05, 4.69) is 5.32 Å². The summed E-state index contributed by atoms with van der Waals surface area (Å²) in [6, 6.07) is 9.99. The Kier molecular flexibility index (Phi) is 10.0. The molecule has 1 aromatic rings. The van der Waals surface area contributed by atoms with Crippen LogP contribution in [0.25, 0.3) is 0 Å². The van der Waals surface area contributed by atoms with E-state index in [4.69, 9.17) is 10.5 Å². The van der Waals surface area contributed by atoms with Crippen LogP contribution in [-0.4, -0.2) is 25.6 Å². The second-order valence-electron chi connectivity index (χ2n) is 4.99. The maximum Gasteiger partial charge on any atom is 0.227 e. The molecule has 0 unspecified atom stereocenters. The second-order valence-corrected chi connectivity index (χ2v) is 4.99. The highest BCUT2D eigenvalue weighted by molar-refractivity contribution is 5.85. The summed E-state index contributed by atoms with van der Waals surface area (Å²) in [4.78, 5) is 12.1. The molecule has 0 saturated heterocycles. The molecule has 3 N–H and O–H groups in total. The van der Waals surface area contributed by atoms with Gasteiger partial charge in [0.1, 0.15) is 0 Å². The first-order chi connectivity index (χ1) is 9.68. The molecule has 21 heavy (non-hydrogen) atoms. The van der Waals surface area contributed by atoms with Gasteiger partial charge in [0.15, 0.2) is 0 Å². The third-order valence-corrected chi connectivity index (χ3v) is 3.87. The minimum atomic E-state index is -0.431. The Morgan fingerprint density at radius 2 is 1.86 bits per heavy atom. The molecule has 0 saturated carbocycles. The van der Waals surface area contributed by atoms with Crippen molar-refractivity contribution in [3.8, 4) is 0 Å². The predicted molar refractivity (Wildman–Crippen MR) is 88.4 cm³/mol. The molecule has 120 valence electrons. The molecule has 0 aliphatic carbocycles. The predicted octanol–water partition coefficient (Wildman–Crippen LogP) is 2.51. The lowest BCUT2D eigenvalue weighted by Crippen LogP contribution is -2.46. The van der Waals surface area contributed by atoms with Crippen LogP contribution in [-0.2, 0) is 16.1 Å². The molecule has 0 fully saturated rings. The summed E-state index contributed by atoms with van der Waals surface area (Å²) in [7, 11) is 0. The summed E-state index contributed by atoms with van der Waals surface area (Å²) < 4.78 is 5.54. The highest BCUT2D eigenvalue weighted by Crippen LogP contribution is 2.24. The van der Waals surface area contributed by atoms with Gasteiger partial charge in [0.2, 0.25) is 5.91 Å². The molecule has 4 nitrogen and oxygen atoms in total. The summed E-state index contributed by atoms with van der Waals surface area (Å²) in [6.07, 6.45) is 1.52. The number of nitrogens with two attached hydrogens (primary N) is 1. The minimum Gasteiger partial charge on any atom is -0.375 e. The van der Waals surface area contributed by atoms with E-state index in [-0.39, 0.29) is 18.3 Å². The van der Waals surface area contributed by atoms with Crippen LogP contribution in [0.3, 0.4) is 0 Å². The molecule has 0 bridgehead atoms. The van der Waals surface area contributed by atoms with Crippen LogP contribution in [0.2, 0.25) is 0 Å². The third-order valence-electron chi connectivity index (χ3n) is 3.87. The highest BCUT2D eigenvalue weighted by Gasteiger charge is 2.32. The molecule has 0 aromatic heterocycles. The van der Waals surface area contributed by atoms with Crippen molar-refractivity contribution in [3.63, 3.8) is 0 Å². The molecular weight excluding hydrogens is 288 g/mol. The quantitative estimate of drug-likeness (QED) is 0.688. The molecule has 0 heterocycles. The van der Waals surface area contributed by atoms with Gasteiger partial charge in [-0.3, -0.25) is 4.79 Å². The second kappa shape index (κ2) is 10.6. The van der Waals surface area contributed by atoms with Gasteiger partial charge in [0, 0.05) is 13.1 Å². The fraction of sp³-hybridized carbons (Fsp3) is 0.562. The third kappa shape index (κ3) is 6.04. The van der Waals surface area contributed by atoms with Gasteiger partial charge < -0.3 is 15.8 Å². The van der Waals surface area contributed by atoms with Crippen LogP contribution in [0, 0.1) is 5.41 Å². The van der Waals surface area contributed by atoms with Crippen molar-refractivity contribution < 1.29 is 9.53 Å². The molecule has 1 amide bonds. The highest BCUT2D eigenvalue weighted by atomic mass is 35.5. The van der Waals surface area contributed by atoms with Crippen LogP contribution in [0.1, 0.15) is 32.3 Å². The zero-order valence-corrected chi connectivity index (χ0v) is 13.7. The maximum atomic E-state index is 12.1. The summed E-state index contributed by atoms with van der Waals surface area (Å²) in [5.74, 6) is 0.0355. The lowest BCUT2D eigenvalue weighted by molar-refractivity contribution is -0.131. The summed E-state index contributed by atoms with van der Waals surface area (Å²) in [5, 5.41) is 2.92. The Balaban J connectivity index is 0.00000400. The Bertz CT molecular complexity index is 386. The molecule has 0 aliphatic rings. The molecule has 0 radical (unpaired) electrons. The zero-order valence-electron chi connectivity index (χ0n) is 12.9. The van der Waals surface area contributed by atoms with E-state index < -0.39 is 5.41 Å². The number of carbonyl (C=O) groups excluding carboxylic acids is 1. The van der Waals surface area contributed by atoms with E-state index in [9.17, 15) is 4.79 Å². The number of halogens is 1. The number of rotatable bonds is 9. The van der Waals surface area contributed by atoms with Gasteiger partial charge >= 0.3 is 0 Å². The van der Waals surface area contributed by atoms with Crippen molar-refractivity contribution in [2.24, 2.45) is 11.1 Å². The topological polar surface area (TPSA) is 64.4 Å². The number of hydrogen-bond acceptors (Lipinski definition) is 3. The summed E-state index contributed by atoms with van der Waals surface area (Å²) in [5.41, 5.74) is 6.45. The van der Waals surface area contributed by atoms with E-state index in [0.717, 1.165) is 18.4 Å². The first kappa shape index (κ1) is 19.9. The van der Waals surface area contributed by atoms with Crippen LogP contribution in [0.5, 0.6) is 0 Å². The van der Waals surface area contributed by atoms with E-state index in [0.29, 0.717) is 26.3 Å².